The summed E-state index contributed by atoms with van der Waals surface area (Å²) in [5.41, 5.74) is 1.39. The third kappa shape index (κ3) is 2.82. The van der Waals surface area contributed by atoms with Gasteiger partial charge < -0.3 is 29.1 Å². The Morgan fingerprint density at radius 1 is 1.24 bits per heavy atom. The van der Waals surface area contributed by atoms with Crippen LogP contribution in [0.4, 0.5) is 0 Å². The Hall–Kier alpha value is -1.05. The lowest BCUT2D eigenvalue weighted by atomic mass is 10.3. The van der Waals surface area contributed by atoms with Crippen molar-refractivity contribution in [1.82, 2.24) is 9.38 Å². The molecule has 0 aliphatic carbocycles. The van der Waals surface area contributed by atoms with Crippen LogP contribution in [0.1, 0.15) is 11.3 Å². The lowest BCUT2D eigenvalue weighted by molar-refractivity contribution is 0.130. The average molecular weight is 336 g/mol. The maximum absolute atomic E-state index is 11.3. The van der Waals surface area contributed by atoms with Crippen LogP contribution >= 0.6 is 15.2 Å². The van der Waals surface area contributed by atoms with Crippen molar-refractivity contribution < 1.29 is 33.8 Å². The van der Waals surface area contributed by atoms with Crippen LogP contribution in [0.5, 0.6) is 0 Å². The van der Waals surface area contributed by atoms with Gasteiger partial charge in [0.1, 0.15) is 5.65 Å². The third-order valence-electron chi connectivity index (χ3n) is 3.10. The van der Waals surface area contributed by atoms with E-state index in [4.69, 9.17) is 19.6 Å². The van der Waals surface area contributed by atoms with Crippen LogP contribution in [0.25, 0.3) is 5.65 Å². The monoisotopic (exact) mass is 336 g/mol. The van der Waals surface area contributed by atoms with E-state index in [2.05, 4.69) is 4.98 Å². The van der Waals surface area contributed by atoms with Crippen LogP contribution in [0.15, 0.2) is 24.5 Å². The van der Waals surface area contributed by atoms with Gasteiger partial charge in [0.15, 0.2) is 0 Å². The molecular formula is C10H14N2O7P2. The van der Waals surface area contributed by atoms with E-state index in [1.165, 1.54) is 16.8 Å². The maximum atomic E-state index is 11.3. The Morgan fingerprint density at radius 2 is 1.81 bits per heavy atom. The summed E-state index contributed by atoms with van der Waals surface area (Å²) in [7, 11) is -11.0. The summed E-state index contributed by atoms with van der Waals surface area (Å²) in [4.78, 5) is 40.5. The summed E-state index contributed by atoms with van der Waals surface area (Å²) in [6, 6.07) is 3.36. The van der Waals surface area contributed by atoms with E-state index >= 15 is 0 Å². The molecule has 116 valence electrons. The van der Waals surface area contributed by atoms with Crippen LogP contribution in [-0.4, -0.2) is 39.1 Å². The van der Waals surface area contributed by atoms with Gasteiger partial charge in [-0.3, -0.25) is 9.13 Å². The van der Waals surface area contributed by atoms with Crippen LogP contribution < -0.4 is 0 Å². The zero-order valence-corrected chi connectivity index (χ0v) is 12.6. The fourth-order valence-corrected chi connectivity index (χ4v) is 3.98. The summed E-state index contributed by atoms with van der Waals surface area (Å²) in [5.74, 6) is 0. The molecule has 0 aliphatic heterocycles. The van der Waals surface area contributed by atoms with Gasteiger partial charge in [0.2, 0.25) is 0 Å². The predicted molar refractivity (Wildman–Crippen MR) is 72.7 cm³/mol. The van der Waals surface area contributed by atoms with Gasteiger partial charge in [-0.05, 0) is 24.6 Å². The van der Waals surface area contributed by atoms with E-state index in [0.29, 0.717) is 5.65 Å². The van der Waals surface area contributed by atoms with E-state index in [-0.39, 0.29) is 5.69 Å². The molecule has 2 aromatic rings. The molecule has 9 nitrogen and oxygen atoms in total. The highest BCUT2D eigenvalue weighted by Gasteiger charge is 2.59. The van der Waals surface area contributed by atoms with Gasteiger partial charge in [-0.15, -0.1) is 0 Å². The van der Waals surface area contributed by atoms with E-state index < -0.39 is 26.7 Å². The first-order chi connectivity index (χ1) is 9.46. The lowest BCUT2D eigenvalue weighted by Gasteiger charge is -2.28. The van der Waals surface area contributed by atoms with Gasteiger partial charge in [0.05, 0.1) is 0 Å². The Kier molecular flexibility index (Phi) is 3.89. The molecule has 11 heteroatoms. The molecule has 0 atom stereocenters. The number of imidazole rings is 1. The van der Waals surface area contributed by atoms with Crippen molar-refractivity contribution in [3.05, 3.63) is 35.8 Å². The number of nitrogens with zero attached hydrogens (tertiary/aromatic N) is 2. The predicted octanol–water partition coefficient (Wildman–Crippen LogP) is 0.187. The van der Waals surface area contributed by atoms with Crippen molar-refractivity contribution in [1.29, 1.82) is 0 Å². The van der Waals surface area contributed by atoms with Crippen molar-refractivity contribution in [2.75, 3.05) is 0 Å². The van der Waals surface area contributed by atoms with Gasteiger partial charge in [0.25, 0.3) is 5.08 Å². The highest BCUT2D eigenvalue weighted by atomic mass is 31.2. The molecule has 0 aromatic carbocycles. The van der Waals surface area contributed by atoms with E-state index in [1.807, 2.05) is 6.92 Å². The molecule has 0 saturated heterocycles. The summed E-state index contributed by atoms with van der Waals surface area (Å²) >= 11 is 0. The first kappa shape index (κ1) is 16.3. The molecule has 21 heavy (non-hydrogen) atoms. The molecule has 2 heterocycles. The Morgan fingerprint density at radius 3 is 2.33 bits per heavy atom. The second-order valence-corrected chi connectivity index (χ2v) is 8.73. The number of fused-ring (bicyclic) bond motifs is 1. The Balaban J connectivity index is 2.55. The van der Waals surface area contributed by atoms with Crippen LogP contribution in [-0.2, 0) is 15.6 Å². The van der Waals surface area contributed by atoms with Crippen molar-refractivity contribution >= 4 is 20.8 Å². The molecule has 0 saturated carbocycles. The van der Waals surface area contributed by atoms with Crippen LogP contribution in [0.2, 0.25) is 0 Å². The molecule has 0 bridgehead atoms. The van der Waals surface area contributed by atoms with Gasteiger partial charge in [0, 0.05) is 24.5 Å². The normalized spacial score (nSPS) is 13.8. The zero-order valence-electron chi connectivity index (χ0n) is 10.9. The van der Waals surface area contributed by atoms with Gasteiger partial charge in [-0.2, -0.15) is 0 Å². The Bertz CT molecular complexity index is 753. The molecule has 0 unspecified atom stereocenters. The Labute approximate surface area is 119 Å². The SMILES string of the molecule is Cc1ccn2c(CC(O)(P(=O)(O)O)P(=O)(O)O)cnc2c1. The molecule has 2 rings (SSSR count). The lowest BCUT2D eigenvalue weighted by Crippen LogP contribution is -2.31. The summed E-state index contributed by atoms with van der Waals surface area (Å²) in [6.07, 6.45) is 1.80. The van der Waals surface area contributed by atoms with Crippen molar-refractivity contribution in [2.45, 2.75) is 18.4 Å². The molecular weight excluding hydrogens is 322 g/mol. The highest BCUT2D eigenvalue weighted by molar-refractivity contribution is 7.72. The minimum absolute atomic E-state index is 0.0687. The largest absolute Gasteiger partial charge is 0.369 e. The quantitative estimate of drug-likeness (QED) is 0.496. The minimum Gasteiger partial charge on any atom is -0.367 e. The van der Waals surface area contributed by atoms with Crippen LogP contribution in [0, 0.1) is 6.92 Å². The van der Waals surface area contributed by atoms with Crippen molar-refractivity contribution in [3.8, 4) is 0 Å². The second kappa shape index (κ2) is 5.00. The van der Waals surface area contributed by atoms with E-state index in [0.717, 1.165) is 5.56 Å². The highest BCUT2D eigenvalue weighted by Crippen LogP contribution is 2.68. The van der Waals surface area contributed by atoms with Gasteiger partial charge in [-0.1, -0.05) is 0 Å². The first-order valence-electron chi connectivity index (χ1n) is 5.72. The fourth-order valence-electron chi connectivity index (χ4n) is 1.88. The van der Waals surface area contributed by atoms with E-state index in [1.54, 1.807) is 12.1 Å². The number of aliphatic hydroxyl groups is 1. The number of aryl methyl sites for hydroxylation is 1. The molecule has 0 aliphatic rings. The summed E-state index contributed by atoms with van der Waals surface area (Å²) in [5, 5.41) is 6.42. The number of pyridine rings is 1. The van der Waals surface area contributed by atoms with Crippen molar-refractivity contribution in [2.24, 2.45) is 0 Å². The summed E-state index contributed by atoms with van der Waals surface area (Å²) < 4.78 is 24.1. The standard InChI is InChI=1S/C10H14N2O7P2/c1-7-2-3-12-8(6-11-9(12)4-7)5-10(13,20(14,15)16)21(17,18)19/h2-4,6,13H,5H2,1H3,(H2,14,15,16)(H2,17,18,19). The van der Waals surface area contributed by atoms with Crippen molar-refractivity contribution in [3.63, 3.8) is 0 Å². The smallest absolute Gasteiger partial charge is 0.367 e. The number of hydrogen-bond acceptors (Lipinski definition) is 4. The molecule has 0 fully saturated rings. The first-order valence-corrected chi connectivity index (χ1v) is 8.94. The van der Waals surface area contributed by atoms with Gasteiger partial charge >= 0.3 is 15.2 Å². The molecule has 0 spiro atoms. The second-order valence-electron chi connectivity index (χ2n) is 4.72. The molecule has 0 amide bonds. The molecule has 2 aromatic heterocycles. The number of hydrogen-bond donors (Lipinski definition) is 5. The molecule has 0 radical (unpaired) electrons. The fraction of sp³-hybridized carbons (Fsp3) is 0.300. The summed E-state index contributed by atoms with van der Waals surface area (Å²) in [6.45, 7) is 1.82. The van der Waals surface area contributed by atoms with Crippen LogP contribution in [0.3, 0.4) is 0 Å². The minimum atomic E-state index is -5.49. The molecule has 5 N–H and O–H groups in total. The average Bonchev–Trinajstić information content (AvgIpc) is 2.68. The maximum Gasteiger partial charge on any atom is 0.369 e. The topological polar surface area (TPSA) is 153 Å². The zero-order chi connectivity index (χ0) is 16.1. The van der Waals surface area contributed by atoms with Gasteiger partial charge in [-0.25, -0.2) is 4.98 Å². The number of rotatable bonds is 4. The van der Waals surface area contributed by atoms with E-state index in [9.17, 15) is 14.2 Å². The number of aromatic nitrogens is 2. The third-order valence-corrected chi connectivity index (χ3v) is 6.84.